The molecule has 1 N–H and O–H groups in total. The van der Waals surface area contributed by atoms with Crippen LogP contribution in [0.3, 0.4) is 0 Å². The van der Waals surface area contributed by atoms with E-state index in [-0.39, 0.29) is 18.3 Å². The number of hydrogen-bond donors (Lipinski definition) is 1. The number of hydrogen-bond acceptors (Lipinski definition) is 5. The molecule has 29 heavy (non-hydrogen) atoms. The lowest BCUT2D eigenvalue weighted by Crippen LogP contribution is -2.40. The number of benzene rings is 2. The molecule has 2 rings (SSSR count). The summed E-state index contributed by atoms with van der Waals surface area (Å²) in [6.07, 6.45) is 1.76. The quantitative estimate of drug-likeness (QED) is 0.544. The minimum absolute atomic E-state index is 0.215. The van der Waals surface area contributed by atoms with Crippen LogP contribution in [0.5, 0.6) is 5.75 Å². The number of methoxy groups -OCH3 is 1. The molecule has 0 heterocycles. The Morgan fingerprint density at radius 1 is 1.17 bits per heavy atom. The van der Waals surface area contributed by atoms with E-state index in [0.717, 1.165) is 16.3 Å². The summed E-state index contributed by atoms with van der Waals surface area (Å²) in [5.41, 5.74) is 1.05. The van der Waals surface area contributed by atoms with Gasteiger partial charge in [-0.25, -0.2) is 12.8 Å². The Kier molecular flexibility index (Phi) is 8.78. The van der Waals surface area contributed by atoms with Crippen molar-refractivity contribution in [3.63, 3.8) is 0 Å². The first-order valence-electron chi connectivity index (χ1n) is 9.01. The molecule has 0 atom stereocenters. The average Bonchev–Trinajstić information content (AvgIpc) is 2.69. The van der Waals surface area contributed by atoms with Crippen LogP contribution in [0.2, 0.25) is 0 Å². The van der Waals surface area contributed by atoms with Crippen molar-refractivity contribution in [2.75, 3.05) is 36.5 Å². The van der Waals surface area contributed by atoms with Crippen LogP contribution in [0, 0.1) is 5.82 Å². The third-order valence-electron chi connectivity index (χ3n) is 4.05. The zero-order chi connectivity index (χ0) is 21.3. The Labute approximate surface area is 175 Å². The van der Waals surface area contributed by atoms with Crippen LogP contribution in [-0.4, -0.2) is 46.5 Å². The van der Waals surface area contributed by atoms with Gasteiger partial charge in [0.25, 0.3) is 0 Å². The van der Waals surface area contributed by atoms with E-state index in [4.69, 9.17) is 4.74 Å². The van der Waals surface area contributed by atoms with Crippen molar-refractivity contribution in [2.24, 2.45) is 0 Å². The highest BCUT2D eigenvalue weighted by atomic mass is 32.2. The van der Waals surface area contributed by atoms with E-state index in [1.54, 1.807) is 54.2 Å². The number of carbonyl (C=O) groups excluding carboxylic acids is 1. The monoisotopic (exact) mass is 440 g/mol. The van der Waals surface area contributed by atoms with Crippen molar-refractivity contribution in [3.05, 3.63) is 59.9 Å². The van der Waals surface area contributed by atoms with E-state index >= 15 is 0 Å². The highest BCUT2D eigenvalue weighted by Gasteiger charge is 2.20. The summed E-state index contributed by atoms with van der Waals surface area (Å²) in [6, 6.07) is 13.1. The maximum Gasteiger partial charge on any atom is 0.240 e. The molecule has 9 heteroatoms. The third-order valence-corrected chi connectivity index (χ3v) is 6.28. The van der Waals surface area contributed by atoms with Gasteiger partial charge in [-0.3, -0.25) is 9.10 Å². The van der Waals surface area contributed by atoms with Crippen molar-refractivity contribution in [1.82, 2.24) is 5.32 Å². The van der Waals surface area contributed by atoms with Gasteiger partial charge in [0.2, 0.25) is 15.9 Å². The zero-order valence-corrected chi connectivity index (χ0v) is 18.1. The largest absolute Gasteiger partial charge is 0.497 e. The molecule has 2 aromatic carbocycles. The van der Waals surface area contributed by atoms with Crippen molar-refractivity contribution >= 4 is 33.4 Å². The smallest absolute Gasteiger partial charge is 0.240 e. The topological polar surface area (TPSA) is 75.7 Å². The molecule has 0 aliphatic heterocycles. The van der Waals surface area contributed by atoms with E-state index in [2.05, 4.69) is 5.32 Å². The summed E-state index contributed by atoms with van der Waals surface area (Å²) < 4.78 is 43.8. The van der Waals surface area contributed by atoms with Crippen LogP contribution < -0.4 is 14.4 Å². The fourth-order valence-electron chi connectivity index (χ4n) is 2.53. The van der Waals surface area contributed by atoms with Gasteiger partial charge in [-0.15, -0.1) is 0 Å². The van der Waals surface area contributed by atoms with E-state index < -0.39 is 10.0 Å². The lowest BCUT2D eigenvalue weighted by molar-refractivity contribution is -0.119. The van der Waals surface area contributed by atoms with E-state index in [1.165, 1.54) is 13.2 Å². The number of halogens is 1. The Bertz CT molecular complexity index is 905. The summed E-state index contributed by atoms with van der Waals surface area (Å²) in [7, 11) is -2.10. The molecule has 0 unspecified atom stereocenters. The Morgan fingerprint density at radius 3 is 2.48 bits per heavy atom. The van der Waals surface area contributed by atoms with Crippen LogP contribution >= 0.6 is 11.8 Å². The number of amides is 1. The molecule has 0 aromatic heterocycles. The first kappa shape index (κ1) is 23.0. The Morgan fingerprint density at radius 2 is 1.86 bits per heavy atom. The summed E-state index contributed by atoms with van der Waals surface area (Å²) in [5, 5.41) is 2.73. The molecule has 6 nitrogen and oxygen atoms in total. The van der Waals surface area contributed by atoms with Crippen LogP contribution in [0.1, 0.15) is 12.0 Å². The third kappa shape index (κ3) is 7.58. The molecule has 0 radical (unpaired) electrons. The van der Waals surface area contributed by atoms with Gasteiger partial charge in [0.15, 0.2) is 0 Å². The summed E-state index contributed by atoms with van der Waals surface area (Å²) in [6.45, 7) is 0.122. The first-order valence-corrected chi connectivity index (χ1v) is 12.0. The van der Waals surface area contributed by atoms with Gasteiger partial charge in [-0.1, -0.05) is 18.2 Å². The van der Waals surface area contributed by atoms with Crippen LogP contribution in [0.15, 0.2) is 48.5 Å². The molecule has 0 saturated carbocycles. The van der Waals surface area contributed by atoms with Gasteiger partial charge in [0.05, 0.1) is 19.1 Å². The molecule has 158 valence electrons. The Hall–Kier alpha value is -2.26. The van der Waals surface area contributed by atoms with Crippen LogP contribution in [0.4, 0.5) is 10.1 Å². The van der Waals surface area contributed by atoms with Crippen LogP contribution in [-0.2, 0) is 20.6 Å². The molecule has 0 spiro atoms. The summed E-state index contributed by atoms with van der Waals surface area (Å²) >= 11 is 1.58. The van der Waals surface area contributed by atoms with Crippen molar-refractivity contribution in [3.8, 4) is 5.75 Å². The van der Waals surface area contributed by atoms with Crippen molar-refractivity contribution < 1.29 is 22.3 Å². The fourth-order valence-corrected chi connectivity index (χ4v) is 4.34. The predicted molar refractivity (Wildman–Crippen MR) is 115 cm³/mol. The number of sulfonamides is 1. The number of anilines is 1. The number of ether oxygens (including phenoxy) is 1. The first-order chi connectivity index (χ1) is 13.8. The molecule has 2 aromatic rings. The van der Waals surface area contributed by atoms with Gasteiger partial charge in [0.1, 0.15) is 18.1 Å². The second-order valence-electron chi connectivity index (χ2n) is 6.32. The van der Waals surface area contributed by atoms with Gasteiger partial charge in [-0.05, 0) is 48.1 Å². The number of rotatable bonds is 11. The van der Waals surface area contributed by atoms with Crippen molar-refractivity contribution in [1.29, 1.82) is 0 Å². The molecule has 0 fully saturated rings. The standard InChI is InChI=1S/C20H25FN2O4S2/c1-27-18-10-8-17(9-11-18)23(29(2,25)26)14-20(24)22-12-5-13-28-15-16-6-3-4-7-19(16)21/h3-4,6-11H,5,12-15H2,1-2H3,(H,22,24). The van der Waals surface area contributed by atoms with Gasteiger partial charge < -0.3 is 10.1 Å². The Balaban J connectivity index is 1.77. The second kappa shape index (κ2) is 11.1. The molecule has 1 amide bonds. The fraction of sp³-hybridized carbons (Fsp3) is 0.350. The minimum Gasteiger partial charge on any atom is -0.497 e. The summed E-state index contributed by atoms with van der Waals surface area (Å²) in [4.78, 5) is 12.2. The number of thioether (sulfide) groups is 1. The molecular formula is C20H25FN2O4S2. The maximum absolute atomic E-state index is 13.5. The minimum atomic E-state index is -3.61. The average molecular weight is 441 g/mol. The van der Waals surface area contributed by atoms with Gasteiger partial charge in [0, 0.05) is 12.3 Å². The van der Waals surface area contributed by atoms with Gasteiger partial charge >= 0.3 is 0 Å². The highest BCUT2D eigenvalue weighted by molar-refractivity contribution is 7.98. The lowest BCUT2D eigenvalue weighted by Gasteiger charge is -2.22. The van der Waals surface area contributed by atoms with Crippen LogP contribution in [0.25, 0.3) is 0 Å². The van der Waals surface area contributed by atoms with Crippen molar-refractivity contribution in [2.45, 2.75) is 12.2 Å². The molecular weight excluding hydrogens is 415 g/mol. The second-order valence-corrected chi connectivity index (χ2v) is 9.33. The molecule has 0 bridgehead atoms. The maximum atomic E-state index is 13.5. The number of carbonyl (C=O) groups is 1. The normalized spacial score (nSPS) is 11.1. The molecule has 0 aliphatic rings. The zero-order valence-electron chi connectivity index (χ0n) is 16.4. The number of nitrogens with one attached hydrogen (secondary N) is 1. The molecule has 0 saturated heterocycles. The predicted octanol–water partition coefficient (Wildman–Crippen LogP) is 3.04. The van der Waals surface area contributed by atoms with Gasteiger partial charge in [-0.2, -0.15) is 11.8 Å². The SMILES string of the molecule is COc1ccc(N(CC(=O)NCCCSCc2ccccc2F)S(C)(=O)=O)cc1. The summed E-state index contributed by atoms with van der Waals surface area (Å²) in [5.74, 6) is 1.32. The number of nitrogens with zero attached hydrogens (tertiary/aromatic N) is 1. The highest BCUT2D eigenvalue weighted by Crippen LogP contribution is 2.21. The van der Waals surface area contributed by atoms with E-state index in [1.807, 2.05) is 0 Å². The lowest BCUT2D eigenvalue weighted by atomic mass is 10.2. The van der Waals surface area contributed by atoms with E-state index in [9.17, 15) is 17.6 Å². The molecule has 0 aliphatic carbocycles. The van der Waals surface area contributed by atoms with E-state index in [0.29, 0.717) is 35.7 Å².